The van der Waals surface area contributed by atoms with Crippen LogP contribution in [0.15, 0.2) is 0 Å². The van der Waals surface area contributed by atoms with Gasteiger partial charge in [0.2, 0.25) is 5.91 Å². The van der Waals surface area contributed by atoms with Crippen LogP contribution in [0.25, 0.3) is 0 Å². The van der Waals surface area contributed by atoms with E-state index in [4.69, 9.17) is 5.73 Å². The molecule has 0 spiro atoms. The van der Waals surface area contributed by atoms with Gasteiger partial charge in [-0.25, -0.2) is 0 Å². The van der Waals surface area contributed by atoms with Crippen LogP contribution in [0.2, 0.25) is 0 Å². The maximum absolute atomic E-state index is 12.8. The lowest BCUT2D eigenvalue weighted by molar-refractivity contribution is -0.140. The standard InChI is InChI=1S/C16H30N2O.ClH/c1-13-9-10-18(15(11-13)12-17)16(19)14-7-5-3-2-4-6-8-14;/h13-15H,2-12,17H2,1H3;1H. The number of hydrogen-bond acceptors (Lipinski definition) is 2. The maximum atomic E-state index is 12.8. The maximum Gasteiger partial charge on any atom is 0.225 e. The van der Waals surface area contributed by atoms with E-state index in [0.717, 1.165) is 38.1 Å². The Kier molecular flexibility index (Phi) is 7.90. The highest BCUT2D eigenvalue weighted by atomic mass is 35.5. The fourth-order valence-electron chi connectivity index (χ4n) is 3.70. The number of halogens is 1. The van der Waals surface area contributed by atoms with Crippen molar-refractivity contribution in [3.8, 4) is 0 Å². The third-order valence-corrected chi connectivity index (χ3v) is 4.99. The van der Waals surface area contributed by atoms with Gasteiger partial charge in [0.25, 0.3) is 0 Å². The van der Waals surface area contributed by atoms with Gasteiger partial charge in [0.05, 0.1) is 0 Å². The van der Waals surface area contributed by atoms with Gasteiger partial charge in [-0.2, -0.15) is 0 Å². The second kappa shape index (κ2) is 8.89. The summed E-state index contributed by atoms with van der Waals surface area (Å²) < 4.78 is 0. The number of likely N-dealkylation sites (tertiary alicyclic amines) is 1. The van der Waals surface area contributed by atoms with Crippen LogP contribution in [0.4, 0.5) is 0 Å². The quantitative estimate of drug-likeness (QED) is 0.850. The van der Waals surface area contributed by atoms with Crippen LogP contribution in [0, 0.1) is 11.8 Å². The van der Waals surface area contributed by atoms with Gasteiger partial charge in [-0.3, -0.25) is 4.79 Å². The van der Waals surface area contributed by atoms with E-state index in [9.17, 15) is 4.79 Å². The van der Waals surface area contributed by atoms with Crippen LogP contribution in [0.1, 0.15) is 64.7 Å². The molecule has 0 aromatic rings. The zero-order valence-electron chi connectivity index (χ0n) is 12.9. The van der Waals surface area contributed by atoms with Crippen LogP contribution in [-0.4, -0.2) is 29.9 Å². The lowest BCUT2D eigenvalue weighted by Crippen LogP contribution is -2.51. The van der Waals surface area contributed by atoms with Crippen molar-refractivity contribution in [2.75, 3.05) is 13.1 Å². The summed E-state index contributed by atoms with van der Waals surface area (Å²) in [7, 11) is 0. The van der Waals surface area contributed by atoms with Gasteiger partial charge in [0, 0.05) is 25.0 Å². The number of carbonyl (C=O) groups is 1. The van der Waals surface area contributed by atoms with Crippen LogP contribution in [0.3, 0.4) is 0 Å². The molecule has 1 amide bonds. The van der Waals surface area contributed by atoms with Gasteiger partial charge in [0.15, 0.2) is 0 Å². The largest absolute Gasteiger partial charge is 0.338 e. The first-order valence-corrected chi connectivity index (χ1v) is 8.23. The highest BCUT2D eigenvalue weighted by Crippen LogP contribution is 2.28. The van der Waals surface area contributed by atoms with Gasteiger partial charge < -0.3 is 10.6 Å². The molecule has 0 aromatic carbocycles. The lowest BCUT2D eigenvalue weighted by atomic mass is 9.87. The van der Waals surface area contributed by atoms with E-state index in [2.05, 4.69) is 11.8 Å². The van der Waals surface area contributed by atoms with E-state index in [0.29, 0.717) is 18.5 Å². The molecule has 1 saturated heterocycles. The van der Waals surface area contributed by atoms with E-state index in [-0.39, 0.29) is 18.3 Å². The molecule has 1 aliphatic carbocycles. The van der Waals surface area contributed by atoms with E-state index in [1.54, 1.807) is 0 Å². The van der Waals surface area contributed by atoms with Crippen molar-refractivity contribution in [2.24, 2.45) is 17.6 Å². The Labute approximate surface area is 130 Å². The number of carbonyl (C=O) groups excluding carboxylic acids is 1. The first-order chi connectivity index (χ1) is 9.22. The van der Waals surface area contributed by atoms with Gasteiger partial charge >= 0.3 is 0 Å². The molecule has 0 radical (unpaired) electrons. The third kappa shape index (κ3) is 4.63. The van der Waals surface area contributed by atoms with Gasteiger partial charge in [-0.15, -0.1) is 12.4 Å². The first-order valence-electron chi connectivity index (χ1n) is 8.23. The van der Waals surface area contributed by atoms with Crippen LogP contribution in [0.5, 0.6) is 0 Å². The van der Waals surface area contributed by atoms with E-state index >= 15 is 0 Å². The molecule has 118 valence electrons. The molecular formula is C16H31ClN2O. The van der Waals surface area contributed by atoms with Crippen molar-refractivity contribution in [1.82, 2.24) is 4.90 Å². The molecule has 1 heterocycles. The van der Waals surface area contributed by atoms with Crippen LogP contribution >= 0.6 is 12.4 Å². The monoisotopic (exact) mass is 302 g/mol. The number of piperidine rings is 1. The summed E-state index contributed by atoms with van der Waals surface area (Å²) in [5, 5.41) is 0. The van der Waals surface area contributed by atoms with Crippen molar-refractivity contribution >= 4 is 18.3 Å². The predicted octanol–water partition coefficient (Wildman–Crippen LogP) is 3.35. The smallest absolute Gasteiger partial charge is 0.225 e. The normalized spacial score (nSPS) is 29.2. The first kappa shape index (κ1) is 17.8. The van der Waals surface area contributed by atoms with Crippen LogP contribution < -0.4 is 5.73 Å². The number of hydrogen-bond donors (Lipinski definition) is 1. The minimum Gasteiger partial charge on any atom is -0.338 e. The fraction of sp³-hybridized carbons (Fsp3) is 0.938. The summed E-state index contributed by atoms with van der Waals surface area (Å²) in [5.74, 6) is 1.40. The zero-order chi connectivity index (χ0) is 13.7. The number of nitrogens with zero attached hydrogens (tertiary/aromatic N) is 1. The molecule has 2 aliphatic rings. The predicted molar refractivity (Wildman–Crippen MR) is 86.0 cm³/mol. The molecular weight excluding hydrogens is 272 g/mol. The van der Waals surface area contributed by atoms with Gasteiger partial charge in [-0.1, -0.05) is 39.0 Å². The molecule has 1 saturated carbocycles. The summed E-state index contributed by atoms with van der Waals surface area (Å²) in [6.07, 6.45) is 10.9. The highest BCUT2D eigenvalue weighted by molar-refractivity contribution is 5.85. The van der Waals surface area contributed by atoms with E-state index in [1.807, 2.05) is 0 Å². The van der Waals surface area contributed by atoms with Crippen LogP contribution in [-0.2, 0) is 4.79 Å². The molecule has 4 heteroatoms. The van der Waals surface area contributed by atoms with Crippen molar-refractivity contribution < 1.29 is 4.79 Å². The van der Waals surface area contributed by atoms with E-state index < -0.39 is 0 Å². The topological polar surface area (TPSA) is 46.3 Å². The number of nitrogens with two attached hydrogens (primary N) is 1. The van der Waals surface area contributed by atoms with Crippen molar-refractivity contribution in [2.45, 2.75) is 70.8 Å². The summed E-state index contributed by atoms with van der Waals surface area (Å²) in [6.45, 7) is 3.83. The summed E-state index contributed by atoms with van der Waals surface area (Å²) in [5.41, 5.74) is 5.89. The molecule has 0 aromatic heterocycles. The molecule has 2 fully saturated rings. The van der Waals surface area contributed by atoms with Crippen molar-refractivity contribution in [3.63, 3.8) is 0 Å². The Bertz CT molecular complexity index is 290. The Hall–Kier alpha value is -0.280. The lowest BCUT2D eigenvalue weighted by Gasteiger charge is -2.40. The van der Waals surface area contributed by atoms with Gasteiger partial charge in [0.1, 0.15) is 0 Å². The van der Waals surface area contributed by atoms with Crippen molar-refractivity contribution in [3.05, 3.63) is 0 Å². The Balaban J connectivity index is 0.00000200. The minimum atomic E-state index is 0. The molecule has 2 N–H and O–H groups in total. The van der Waals surface area contributed by atoms with E-state index in [1.165, 1.54) is 32.1 Å². The summed E-state index contributed by atoms with van der Waals surface area (Å²) >= 11 is 0. The second-order valence-electron chi connectivity index (χ2n) is 6.59. The summed E-state index contributed by atoms with van der Waals surface area (Å²) in [6, 6.07) is 0.293. The average molecular weight is 303 g/mol. The molecule has 2 unspecified atom stereocenters. The zero-order valence-corrected chi connectivity index (χ0v) is 13.7. The molecule has 0 bridgehead atoms. The molecule has 2 atom stereocenters. The SMILES string of the molecule is CC1CCN(C(=O)C2CCCCCCC2)C(CN)C1.Cl. The highest BCUT2D eigenvalue weighted by Gasteiger charge is 2.32. The molecule has 1 aliphatic heterocycles. The Morgan fingerprint density at radius 1 is 1.10 bits per heavy atom. The minimum absolute atomic E-state index is 0. The molecule has 2 rings (SSSR count). The molecule has 3 nitrogen and oxygen atoms in total. The van der Waals surface area contributed by atoms with Gasteiger partial charge in [-0.05, 0) is 31.6 Å². The molecule has 20 heavy (non-hydrogen) atoms. The number of amides is 1. The second-order valence-corrected chi connectivity index (χ2v) is 6.59. The number of rotatable bonds is 2. The third-order valence-electron chi connectivity index (χ3n) is 4.99. The average Bonchev–Trinajstić information content (AvgIpc) is 2.37. The van der Waals surface area contributed by atoms with Crippen molar-refractivity contribution in [1.29, 1.82) is 0 Å². The Morgan fingerprint density at radius 3 is 2.30 bits per heavy atom. The fourth-order valence-corrected chi connectivity index (χ4v) is 3.70. The Morgan fingerprint density at radius 2 is 1.70 bits per heavy atom. The summed E-state index contributed by atoms with van der Waals surface area (Å²) in [4.78, 5) is 14.9.